The van der Waals surface area contributed by atoms with Gasteiger partial charge in [0.25, 0.3) is 5.91 Å². The largest absolute Gasteiger partial charge is 0.349 e. The number of anilines is 1. The van der Waals surface area contributed by atoms with Crippen molar-refractivity contribution in [2.45, 2.75) is 25.8 Å². The van der Waals surface area contributed by atoms with Gasteiger partial charge in [-0.25, -0.2) is 9.48 Å². The number of para-hydroxylation sites is 1. The van der Waals surface area contributed by atoms with Crippen LogP contribution in [0.5, 0.6) is 0 Å². The summed E-state index contributed by atoms with van der Waals surface area (Å²) in [5.74, 6) is -0.0922. The lowest BCUT2D eigenvalue weighted by Gasteiger charge is -2.32. The van der Waals surface area contributed by atoms with Gasteiger partial charge in [-0.2, -0.15) is 5.10 Å². The first-order valence-corrected chi connectivity index (χ1v) is 10.1. The lowest BCUT2D eigenvalue weighted by molar-refractivity contribution is 0.0919. The molecule has 0 aliphatic carbocycles. The normalized spacial score (nSPS) is 14.4. The van der Waals surface area contributed by atoms with Crippen molar-refractivity contribution in [3.8, 4) is 5.69 Å². The number of rotatable bonds is 4. The number of nitrogens with one attached hydrogen (secondary N) is 2. The molecule has 3 amide bonds. The van der Waals surface area contributed by atoms with Gasteiger partial charge in [-0.1, -0.05) is 18.2 Å². The minimum atomic E-state index is -0.101. The van der Waals surface area contributed by atoms with Crippen LogP contribution in [0.25, 0.3) is 5.69 Å². The molecule has 1 aliphatic rings. The second kappa shape index (κ2) is 8.82. The molecule has 1 fully saturated rings. The van der Waals surface area contributed by atoms with Crippen LogP contribution in [0.1, 0.15) is 28.9 Å². The van der Waals surface area contributed by atoms with Gasteiger partial charge in [-0.15, -0.1) is 0 Å². The number of hydrogen-bond acceptors (Lipinski definition) is 3. The number of benzene rings is 2. The molecule has 3 aromatic rings. The van der Waals surface area contributed by atoms with Gasteiger partial charge in [0.05, 0.1) is 11.4 Å². The predicted octanol–water partition coefficient (Wildman–Crippen LogP) is 3.61. The molecule has 0 bridgehead atoms. The standard InChI is InChI=1S/C23H25N5O2/c1-17-11-16-28(26-17)21-9-7-18(8-10-21)22(29)24-20-12-14-27(15-13-20)23(30)25-19-5-3-2-4-6-19/h2-11,16,20H,12-15H2,1H3,(H,24,29)(H,25,30). The molecule has 2 N–H and O–H groups in total. The van der Waals surface area contributed by atoms with E-state index in [1.165, 1.54) is 0 Å². The average Bonchev–Trinajstić information content (AvgIpc) is 3.21. The van der Waals surface area contributed by atoms with Crippen LogP contribution in [0.4, 0.5) is 10.5 Å². The third-order valence-corrected chi connectivity index (χ3v) is 5.26. The molecule has 7 heteroatoms. The maximum absolute atomic E-state index is 12.6. The van der Waals surface area contributed by atoms with Crippen molar-refractivity contribution in [1.82, 2.24) is 20.0 Å². The molecule has 2 heterocycles. The van der Waals surface area contributed by atoms with E-state index in [0.717, 1.165) is 29.9 Å². The fourth-order valence-electron chi connectivity index (χ4n) is 3.54. The predicted molar refractivity (Wildman–Crippen MR) is 116 cm³/mol. The average molecular weight is 403 g/mol. The van der Waals surface area contributed by atoms with E-state index in [9.17, 15) is 9.59 Å². The summed E-state index contributed by atoms with van der Waals surface area (Å²) in [7, 11) is 0. The van der Waals surface area contributed by atoms with Crippen LogP contribution in [0, 0.1) is 6.92 Å². The van der Waals surface area contributed by atoms with Gasteiger partial charge in [-0.3, -0.25) is 4.79 Å². The van der Waals surface area contributed by atoms with Crippen LogP contribution >= 0.6 is 0 Å². The van der Waals surface area contributed by atoms with Crippen LogP contribution in [0.15, 0.2) is 66.9 Å². The molecule has 1 aromatic heterocycles. The number of aromatic nitrogens is 2. The number of carbonyl (C=O) groups is 2. The number of urea groups is 1. The topological polar surface area (TPSA) is 79.3 Å². The minimum Gasteiger partial charge on any atom is -0.349 e. The Kier molecular flexibility index (Phi) is 5.79. The van der Waals surface area contributed by atoms with Gasteiger partial charge < -0.3 is 15.5 Å². The fraction of sp³-hybridized carbons (Fsp3) is 0.261. The first-order chi connectivity index (χ1) is 14.6. The van der Waals surface area contributed by atoms with Crippen molar-refractivity contribution in [3.05, 3.63) is 78.1 Å². The third kappa shape index (κ3) is 4.68. The second-order valence-electron chi connectivity index (χ2n) is 7.48. The van der Waals surface area contributed by atoms with E-state index < -0.39 is 0 Å². The smallest absolute Gasteiger partial charge is 0.321 e. The number of likely N-dealkylation sites (tertiary alicyclic amines) is 1. The highest BCUT2D eigenvalue weighted by atomic mass is 16.2. The van der Waals surface area contributed by atoms with E-state index in [1.54, 1.807) is 9.58 Å². The molecule has 0 radical (unpaired) electrons. The number of piperidine rings is 1. The molecule has 30 heavy (non-hydrogen) atoms. The van der Waals surface area contributed by atoms with Crippen molar-refractivity contribution in [2.24, 2.45) is 0 Å². The van der Waals surface area contributed by atoms with Gasteiger partial charge in [0.15, 0.2) is 0 Å². The summed E-state index contributed by atoms with van der Waals surface area (Å²) in [5.41, 5.74) is 3.26. The number of hydrogen-bond donors (Lipinski definition) is 2. The summed E-state index contributed by atoms with van der Waals surface area (Å²) >= 11 is 0. The summed E-state index contributed by atoms with van der Waals surface area (Å²) < 4.78 is 1.78. The number of nitrogens with zero attached hydrogens (tertiary/aromatic N) is 3. The van der Waals surface area contributed by atoms with Crippen LogP contribution in [0.2, 0.25) is 0 Å². The van der Waals surface area contributed by atoms with E-state index >= 15 is 0 Å². The van der Waals surface area contributed by atoms with Crippen LogP contribution in [0.3, 0.4) is 0 Å². The zero-order valence-corrected chi connectivity index (χ0v) is 16.9. The highest BCUT2D eigenvalue weighted by molar-refractivity contribution is 5.94. The van der Waals surface area contributed by atoms with E-state index in [0.29, 0.717) is 18.7 Å². The quantitative estimate of drug-likeness (QED) is 0.698. The van der Waals surface area contributed by atoms with E-state index in [-0.39, 0.29) is 18.0 Å². The summed E-state index contributed by atoms with van der Waals surface area (Å²) in [6.45, 7) is 3.16. The first-order valence-electron chi connectivity index (χ1n) is 10.1. The molecule has 0 saturated carbocycles. The SMILES string of the molecule is Cc1ccn(-c2ccc(C(=O)NC3CCN(C(=O)Nc4ccccc4)CC3)cc2)n1. The lowest BCUT2D eigenvalue weighted by Crippen LogP contribution is -2.47. The Hall–Kier alpha value is -3.61. The summed E-state index contributed by atoms with van der Waals surface area (Å²) in [6, 6.07) is 18.7. The minimum absolute atomic E-state index is 0.0618. The van der Waals surface area contributed by atoms with Crippen LogP contribution < -0.4 is 10.6 Å². The first kappa shape index (κ1) is 19.7. The Labute approximate surface area is 175 Å². The molecule has 0 spiro atoms. The molecule has 0 atom stereocenters. The van der Waals surface area contributed by atoms with Gasteiger partial charge in [0.1, 0.15) is 0 Å². The van der Waals surface area contributed by atoms with Crippen LogP contribution in [-0.2, 0) is 0 Å². The summed E-state index contributed by atoms with van der Waals surface area (Å²) in [6.07, 6.45) is 3.36. The molecular weight excluding hydrogens is 378 g/mol. The zero-order chi connectivity index (χ0) is 20.9. The highest BCUT2D eigenvalue weighted by Crippen LogP contribution is 2.15. The maximum atomic E-state index is 12.6. The number of aryl methyl sites for hydroxylation is 1. The molecule has 2 aromatic carbocycles. The van der Waals surface area contributed by atoms with Gasteiger partial charge in [-0.05, 0) is 62.2 Å². The summed E-state index contributed by atoms with van der Waals surface area (Å²) in [5, 5.41) is 10.4. The Morgan fingerprint density at radius 3 is 2.30 bits per heavy atom. The van der Waals surface area contributed by atoms with Crippen molar-refractivity contribution >= 4 is 17.6 Å². The van der Waals surface area contributed by atoms with Gasteiger partial charge in [0.2, 0.25) is 0 Å². The van der Waals surface area contributed by atoms with Crippen molar-refractivity contribution in [3.63, 3.8) is 0 Å². The lowest BCUT2D eigenvalue weighted by atomic mass is 10.0. The molecule has 4 rings (SSSR count). The Morgan fingerprint density at radius 1 is 0.967 bits per heavy atom. The Bertz CT molecular complexity index is 1010. The molecular formula is C23H25N5O2. The van der Waals surface area contributed by atoms with Crippen molar-refractivity contribution < 1.29 is 9.59 Å². The molecule has 1 saturated heterocycles. The maximum Gasteiger partial charge on any atom is 0.321 e. The number of amides is 3. The molecule has 154 valence electrons. The fourth-order valence-corrected chi connectivity index (χ4v) is 3.54. The molecule has 7 nitrogen and oxygen atoms in total. The molecule has 0 unspecified atom stereocenters. The van der Waals surface area contributed by atoms with Gasteiger partial charge >= 0.3 is 6.03 Å². The Morgan fingerprint density at radius 2 is 1.67 bits per heavy atom. The Balaban J connectivity index is 1.27. The van der Waals surface area contributed by atoms with Gasteiger partial charge in [0, 0.05) is 36.6 Å². The monoisotopic (exact) mass is 403 g/mol. The third-order valence-electron chi connectivity index (χ3n) is 5.26. The van der Waals surface area contributed by atoms with Crippen LogP contribution in [-0.4, -0.2) is 45.8 Å². The highest BCUT2D eigenvalue weighted by Gasteiger charge is 2.24. The summed E-state index contributed by atoms with van der Waals surface area (Å²) in [4.78, 5) is 26.8. The zero-order valence-electron chi connectivity index (χ0n) is 16.9. The van der Waals surface area contributed by atoms with Crippen molar-refractivity contribution in [1.29, 1.82) is 0 Å². The molecule has 1 aliphatic heterocycles. The number of carbonyl (C=O) groups excluding carboxylic acids is 2. The van der Waals surface area contributed by atoms with E-state index in [4.69, 9.17) is 0 Å². The second-order valence-corrected chi connectivity index (χ2v) is 7.48. The van der Waals surface area contributed by atoms with E-state index in [1.807, 2.05) is 73.8 Å². The van der Waals surface area contributed by atoms with E-state index in [2.05, 4.69) is 15.7 Å². The van der Waals surface area contributed by atoms with Crippen molar-refractivity contribution in [2.75, 3.05) is 18.4 Å².